The fraction of sp³-hybridized carbons (Fsp3) is 0.562. The van der Waals surface area contributed by atoms with Gasteiger partial charge in [-0.3, -0.25) is 0 Å². The van der Waals surface area contributed by atoms with Crippen LogP contribution in [0.15, 0.2) is 23.2 Å². The van der Waals surface area contributed by atoms with Gasteiger partial charge in [-0.2, -0.15) is 16.8 Å². The number of isocyanates is 1. The lowest BCUT2D eigenvalue weighted by molar-refractivity contribution is 0.404. The predicted octanol–water partition coefficient (Wildman–Crippen LogP) is 3.63. The zero-order valence-electron chi connectivity index (χ0n) is 11.7. The third-order valence-corrected chi connectivity index (χ3v) is 5.45. The van der Waals surface area contributed by atoms with Crippen LogP contribution < -0.4 is 4.74 Å². The molecule has 0 bridgehead atoms. The Balaban J connectivity index is 1.96. The van der Waals surface area contributed by atoms with Crippen molar-refractivity contribution in [2.75, 3.05) is 18.6 Å². The van der Waals surface area contributed by atoms with Crippen LogP contribution in [-0.2, 0) is 10.3 Å². The molecular formula is C16H19NO2S. The first-order valence-electron chi connectivity index (χ1n) is 7.14. The molecular weight excluding hydrogens is 270 g/mol. The highest BCUT2D eigenvalue weighted by Crippen LogP contribution is 2.53. The van der Waals surface area contributed by atoms with Crippen LogP contribution in [0.5, 0.6) is 5.75 Å². The maximum absolute atomic E-state index is 10.7. The molecule has 0 N–H and O–H groups in total. The minimum Gasteiger partial charge on any atom is -0.496 e. The summed E-state index contributed by atoms with van der Waals surface area (Å²) in [6.07, 6.45) is 6.05. The van der Waals surface area contributed by atoms with E-state index in [1.165, 1.54) is 29.9 Å². The molecule has 0 radical (unpaired) electrons. The van der Waals surface area contributed by atoms with Crippen LogP contribution in [-0.4, -0.2) is 24.7 Å². The second-order valence-corrected chi connectivity index (χ2v) is 6.81. The maximum Gasteiger partial charge on any atom is 0.235 e. The Bertz CT molecular complexity index is 541. The number of benzene rings is 1. The molecule has 1 heterocycles. The number of rotatable bonds is 4. The highest BCUT2D eigenvalue weighted by atomic mass is 32.2. The number of nitrogens with zero attached hydrogens (tertiary/aromatic N) is 1. The van der Waals surface area contributed by atoms with Crippen LogP contribution in [0.2, 0.25) is 0 Å². The molecule has 106 valence electrons. The number of carbonyl (C=O) groups excluding carboxylic acids is 1. The van der Waals surface area contributed by atoms with E-state index in [0.717, 1.165) is 24.2 Å². The number of ether oxygens (including phenoxy) is 1. The fourth-order valence-corrected chi connectivity index (χ4v) is 4.13. The molecule has 0 unspecified atom stereocenters. The molecule has 1 aliphatic heterocycles. The second-order valence-electron chi connectivity index (χ2n) is 5.58. The van der Waals surface area contributed by atoms with Crippen molar-refractivity contribution < 1.29 is 9.53 Å². The molecule has 20 heavy (non-hydrogen) atoms. The summed E-state index contributed by atoms with van der Waals surface area (Å²) in [6.45, 7) is 0. The van der Waals surface area contributed by atoms with Crippen molar-refractivity contribution in [2.24, 2.45) is 4.99 Å². The summed E-state index contributed by atoms with van der Waals surface area (Å²) in [4.78, 5) is 14.7. The van der Waals surface area contributed by atoms with Gasteiger partial charge in [-0.25, -0.2) is 4.79 Å². The summed E-state index contributed by atoms with van der Waals surface area (Å²) in [6, 6.07) is 6.42. The first-order chi connectivity index (χ1) is 9.79. The van der Waals surface area contributed by atoms with E-state index in [-0.39, 0.29) is 5.54 Å². The molecule has 4 heteroatoms. The van der Waals surface area contributed by atoms with Gasteiger partial charge in [-0.05, 0) is 60.8 Å². The van der Waals surface area contributed by atoms with Crippen LogP contribution in [0.3, 0.4) is 0 Å². The molecule has 0 spiro atoms. The lowest BCUT2D eigenvalue weighted by atomic mass is 9.90. The summed E-state index contributed by atoms with van der Waals surface area (Å²) >= 11 is 2.04. The Labute approximate surface area is 123 Å². The zero-order valence-corrected chi connectivity index (χ0v) is 12.5. The molecule has 1 saturated heterocycles. The first-order valence-corrected chi connectivity index (χ1v) is 8.30. The van der Waals surface area contributed by atoms with Crippen LogP contribution in [0, 0.1) is 0 Å². The highest BCUT2D eigenvalue weighted by molar-refractivity contribution is 7.99. The summed E-state index contributed by atoms with van der Waals surface area (Å²) < 4.78 is 5.47. The van der Waals surface area contributed by atoms with Crippen LogP contribution >= 0.6 is 11.8 Å². The quantitative estimate of drug-likeness (QED) is 0.627. The van der Waals surface area contributed by atoms with Crippen molar-refractivity contribution in [2.45, 2.75) is 37.1 Å². The second kappa shape index (κ2) is 5.63. The van der Waals surface area contributed by atoms with Gasteiger partial charge in [-0.1, -0.05) is 6.07 Å². The smallest absolute Gasteiger partial charge is 0.235 e. The molecule has 0 amide bonds. The van der Waals surface area contributed by atoms with Gasteiger partial charge in [0.25, 0.3) is 0 Å². The van der Waals surface area contributed by atoms with Gasteiger partial charge < -0.3 is 4.74 Å². The molecule has 0 atom stereocenters. The Morgan fingerprint density at radius 3 is 2.70 bits per heavy atom. The molecule has 1 aliphatic carbocycles. The van der Waals surface area contributed by atoms with Crippen molar-refractivity contribution in [3.63, 3.8) is 0 Å². The number of thioether (sulfide) groups is 1. The molecule has 1 saturated carbocycles. The Morgan fingerprint density at radius 1 is 1.35 bits per heavy atom. The maximum atomic E-state index is 10.7. The molecule has 3 rings (SSSR count). The molecule has 3 nitrogen and oxygen atoms in total. The molecule has 1 aromatic carbocycles. The summed E-state index contributed by atoms with van der Waals surface area (Å²) in [5.74, 6) is 3.96. The molecule has 2 aliphatic rings. The van der Waals surface area contributed by atoms with Crippen LogP contribution in [0.25, 0.3) is 0 Å². The van der Waals surface area contributed by atoms with Gasteiger partial charge in [-0.15, -0.1) is 0 Å². The SMILES string of the molecule is COc1ccc(C2CCSCC2)cc1C1(N=C=O)CC1. The highest BCUT2D eigenvalue weighted by Gasteiger charge is 2.47. The van der Waals surface area contributed by atoms with E-state index in [4.69, 9.17) is 4.74 Å². The minimum atomic E-state index is -0.355. The van der Waals surface area contributed by atoms with Crippen molar-refractivity contribution in [1.82, 2.24) is 0 Å². The zero-order chi connectivity index (χ0) is 14.0. The van der Waals surface area contributed by atoms with Gasteiger partial charge in [0.1, 0.15) is 11.3 Å². The van der Waals surface area contributed by atoms with Crippen molar-refractivity contribution >= 4 is 17.8 Å². The van der Waals surface area contributed by atoms with E-state index in [2.05, 4.69) is 17.1 Å². The van der Waals surface area contributed by atoms with E-state index < -0.39 is 0 Å². The minimum absolute atomic E-state index is 0.355. The third kappa shape index (κ3) is 2.50. The average molecular weight is 289 g/mol. The van der Waals surface area contributed by atoms with Crippen molar-refractivity contribution in [1.29, 1.82) is 0 Å². The van der Waals surface area contributed by atoms with Gasteiger partial charge in [0.2, 0.25) is 6.08 Å². The van der Waals surface area contributed by atoms with Gasteiger partial charge in [0, 0.05) is 5.56 Å². The number of aliphatic imine (C=N–C) groups is 1. The number of hydrogen-bond donors (Lipinski definition) is 0. The lowest BCUT2D eigenvalue weighted by Crippen LogP contribution is -2.11. The van der Waals surface area contributed by atoms with Crippen molar-refractivity contribution in [3.8, 4) is 5.75 Å². The van der Waals surface area contributed by atoms with Crippen molar-refractivity contribution in [3.05, 3.63) is 29.3 Å². The number of methoxy groups -OCH3 is 1. The predicted molar refractivity (Wildman–Crippen MR) is 81.3 cm³/mol. The van der Waals surface area contributed by atoms with E-state index in [0.29, 0.717) is 5.92 Å². The van der Waals surface area contributed by atoms with Gasteiger partial charge >= 0.3 is 0 Å². The monoisotopic (exact) mass is 289 g/mol. The first kappa shape index (κ1) is 13.7. The normalized spacial score (nSPS) is 21.1. The molecule has 2 fully saturated rings. The Morgan fingerprint density at radius 2 is 2.10 bits per heavy atom. The summed E-state index contributed by atoms with van der Waals surface area (Å²) in [5, 5.41) is 0. The average Bonchev–Trinajstić information content (AvgIpc) is 3.29. The fourth-order valence-electron chi connectivity index (χ4n) is 3.02. The number of hydrogen-bond acceptors (Lipinski definition) is 4. The molecule has 0 aromatic heterocycles. The van der Waals surface area contributed by atoms with E-state index in [1.54, 1.807) is 13.2 Å². The van der Waals surface area contributed by atoms with E-state index >= 15 is 0 Å². The lowest BCUT2D eigenvalue weighted by Gasteiger charge is -2.23. The summed E-state index contributed by atoms with van der Waals surface area (Å²) in [7, 11) is 1.68. The topological polar surface area (TPSA) is 38.7 Å². The Kier molecular flexibility index (Phi) is 3.86. The molecule has 1 aromatic rings. The van der Waals surface area contributed by atoms with E-state index in [1.807, 2.05) is 17.8 Å². The van der Waals surface area contributed by atoms with E-state index in [9.17, 15) is 4.79 Å². The van der Waals surface area contributed by atoms with Crippen LogP contribution in [0.1, 0.15) is 42.7 Å². The largest absolute Gasteiger partial charge is 0.496 e. The van der Waals surface area contributed by atoms with Gasteiger partial charge in [0.15, 0.2) is 0 Å². The van der Waals surface area contributed by atoms with Crippen LogP contribution in [0.4, 0.5) is 0 Å². The van der Waals surface area contributed by atoms with Gasteiger partial charge in [0.05, 0.1) is 7.11 Å². The summed E-state index contributed by atoms with van der Waals surface area (Å²) in [5.41, 5.74) is 2.08. The Hall–Kier alpha value is -1.25. The third-order valence-electron chi connectivity index (χ3n) is 4.40. The standard InChI is InChI=1S/C16H19NO2S/c1-19-15-3-2-13(12-4-8-20-9-5-12)10-14(15)16(6-7-16)17-11-18/h2-3,10,12H,4-9H2,1H3.